The quantitative estimate of drug-likeness (QED) is 0.611. The molecule has 0 amide bonds. The Morgan fingerprint density at radius 2 is 2.21 bits per heavy atom. The average Bonchev–Trinajstić information content (AvgIpc) is 2.88. The number of nitrogens with one attached hydrogen (secondary N) is 3. The number of H-pyrrole nitrogens is 2. The Labute approximate surface area is 109 Å². The van der Waals surface area contributed by atoms with Crippen molar-refractivity contribution in [2.24, 2.45) is 0 Å². The lowest BCUT2D eigenvalue weighted by atomic mass is 10.3. The normalized spacial score (nSPS) is 11.6. The molecule has 0 fully saturated rings. The highest BCUT2D eigenvalue weighted by Crippen LogP contribution is 2.00. The number of hydrogen-bond donors (Lipinski definition) is 3. The van der Waals surface area contributed by atoms with Gasteiger partial charge in [0, 0.05) is 31.4 Å². The molecule has 0 atom stereocenters. The molecule has 0 bridgehead atoms. The van der Waals surface area contributed by atoms with Crippen LogP contribution in [0.5, 0.6) is 0 Å². The third-order valence-electron chi connectivity index (χ3n) is 2.43. The number of aryl methyl sites for hydroxylation is 1. The lowest BCUT2D eigenvalue weighted by Crippen LogP contribution is -2.29. The van der Waals surface area contributed by atoms with Gasteiger partial charge < -0.3 is 4.98 Å². The van der Waals surface area contributed by atoms with Gasteiger partial charge >= 0.3 is 0 Å². The highest BCUT2D eigenvalue weighted by Gasteiger charge is 2.16. The van der Waals surface area contributed by atoms with Gasteiger partial charge in [-0.1, -0.05) is 0 Å². The van der Waals surface area contributed by atoms with Crippen molar-refractivity contribution in [1.29, 1.82) is 0 Å². The maximum absolute atomic E-state index is 11.8. The number of rotatable bonds is 6. The standard InChI is InChI=1S/C10H13N5O3S/c16-8-3-5-11-6-9(8)19(17,18)14-4-1-2-10-12-7-13-15-10/h3,5-7,14H,1-2,4H2,(H,11,16)(H,12,13,15). The maximum atomic E-state index is 11.8. The molecule has 2 aromatic heterocycles. The molecule has 19 heavy (non-hydrogen) atoms. The first-order valence-electron chi connectivity index (χ1n) is 5.60. The fourth-order valence-electron chi connectivity index (χ4n) is 1.50. The van der Waals surface area contributed by atoms with Crippen LogP contribution >= 0.6 is 0 Å². The van der Waals surface area contributed by atoms with Crippen molar-refractivity contribution in [3.8, 4) is 0 Å². The molecule has 9 heteroatoms. The summed E-state index contributed by atoms with van der Waals surface area (Å²) in [7, 11) is -3.77. The largest absolute Gasteiger partial charge is 0.366 e. The number of nitrogens with zero attached hydrogens (tertiary/aromatic N) is 2. The number of aromatic amines is 2. The van der Waals surface area contributed by atoms with Gasteiger partial charge in [-0.05, 0) is 6.42 Å². The van der Waals surface area contributed by atoms with Crippen LogP contribution in [0, 0.1) is 0 Å². The minimum Gasteiger partial charge on any atom is -0.366 e. The smallest absolute Gasteiger partial charge is 0.245 e. The van der Waals surface area contributed by atoms with E-state index in [1.165, 1.54) is 24.8 Å². The zero-order valence-corrected chi connectivity index (χ0v) is 10.8. The summed E-state index contributed by atoms with van der Waals surface area (Å²) in [6.45, 7) is 0.220. The summed E-state index contributed by atoms with van der Waals surface area (Å²) in [6, 6.07) is 1.17. The van der Waals surface area contributed by atoms with E-state index >= 15 is 0 Å². The molecule has 2 heterocycles. The van der Waals surface area contributed by atoms with Crippen LogP contribution in [0.15, 0.2) is 34.5 Å². The van der Waals surface area contributed by atoms with E-state index in [-0.39, 0.29) is 11.4 Å². The topological polar surface area (TPSA) is 121 Å². The molecule has 0 aliphatic heterocycles. The molecule has 0 spiro atoms. The molecule has 0 aromatic carbocycles. The molecule has 0 saturated carbocycles. The molecular weight excluding hydrogens is 270 g/mol. The molecule has 2 aromatic rings. The molecule has 102 valence electrons. The van der Waals surface area contributed by atoms with Gasteiger partial charge in [0.05, 0.1) is 0 Å². The highest BCUT2D eigenvalue weighted by atomic mass is 32.2. The summed E-state index contributed by atoms with van der Waals surface area (Å²) in [4.78, 5) is 17.6. The third-order valence-corrected chi connectivity index (χ3v) is 3.91. The Hall–Kier alpha value is -2.00. The Balaban J connectivity index is 1.92. The van der Waals surface area contributed by atoms with E-state index in [1.807, 2.05) is 0 Å². The van der Waals surface area contributed by atoms with Crippen LogP contribution in [0.2, 0.25) is 0 Å². The van der Waals surface area contributed by atoms with Gasteiger partial charge in [0.15, 0.2) is 0 Å². The molecule has 0 radical (unpaired) electrons. The summed E-state index contributed by atoms with van der Waals surface area (Å²) < 4.78 is 26.1. The fraction of sp³-hybridized carbons (Fsp3) is 0.300. The van der Waals surface area contributed by atoms with Gasteiger partial charge in [0.1, 0.15) is 17.0 Å². The minimum absolute atomic E-state index is 0.220. The lowest BCUT2D eigenvalue weighted by molar-refractivity contribution is 0.577. The van der Waals surface area contributed by atoms with Crippen LogP contribution in [0.25, 0.3) is 0 Å². The van der Waals surface area contributed by atoms with Gasteiger partial charge in [0.25, 0.3) is 0 Å². The zero-order valence-electron chi connectivity index (χ0n) is 9.96. The van der Waals surface area contributed by atoms with Crippen LogP contribution in [0.4, 0.5) is 0 Å². The van der Waals surface area contributed by atoms with Crippen molar-refractivity contribution in [1.82, 2.24) is 24.9 Å². The van der Waals surface area contributed by atoms with Crippen molar-refractivity contribution in [3.05, 3.63) is 40.8 Å². The number of hydrogen-bond acceptors (Lipinski definition) is 5. The highest BCUT2D eigenvalue weighted by molar-refractivity contribution is 7.89. The molecule has 3 N–H and O–H groups in total. The van der Waals surface area contributed by atoms with E-state index in [9.17, 15) is 13.2 Å². The summed E-state index contributed by atoms with van der Waals surface area (Å²) in [5, 5.41) is 6.37. The van der Waals surface area contributed by atoms with E-state index < -0.39 is 15.5 Å². The van der Waals surface area contributed by atoms with E-state index in [0.717, 1.165) is 0 Å². The van der Waals surface area contributed by atoms with Crippen molar-refractivity contribution in [2.75, 3.05) is 6.54 Å². The summed E-state index contributed by atoms with van der Waals surface area (Å²) in [5.41, 5.74) is -0.540. The van der Waals surface area contributed by atoms with Crippen molar-refractivity contribution in [3.63, 3.8) is 0 Å². The van der Waals surface area contributed by atoms with Gasteiger partial charge in [-0.25, -0.2) is 18.1 Å². The summed E-state index contributed by atoms with van der Waals surface area (Å²) >= 11 is 0. The molecule has 2 rings (SSSR count). The van der Waals surface area contributed by atoms with Crippen molar-refractivity contribution < 1.29 is 8.42 Å². The zero-order chi connectivity index (χ0) is 13.7. The van der Waals surface area contributed by atoms with E-state index in [2.05, 4.69) is 24.9 Å². The SMILES string of the molecule is O=c1cc[nH]cc1S(=O)(=O)NCCCc1ncn[nH]1. The predicted molar refractivity (Wildman–Crippen MR) is 67.0 cm³/mol. The predicted octanol–water partition coefficient (Wildman–Crippen LogP) is -0.596. The maximum Gasteiger partial charge on any atom is 0.245 e. The molecule has 0 saturated heterocycles. The molecule has 0 aliphatic rings. The Bertz CT molecular complexity index is 677. The van der Waals surface area contributed by atoms with Crippen LogP contribution < -0.4 is 10.2 Å². The van der Waals surface area contributed by atoms with E-state index in [4.69, 9.17) is 0 Å². The number of sulfonamides is 1. The minimum atomic E-state index is -3.77. The van der Waals surface area contributed by atoms with Crippen LogP contribution in [-0.4, -0.2) is 35.1 Å². The van der Waals surface area contributed by atoms with Gasteiger partial charge in [0.2, 0.25) is 15.5 Å². The molecule has 0 aliphatic carbocycles. The second-order valence-electron chi connectivity index (χ2n) is 3.81. The van der Waals surface area contributed by atoms with Crippen molar-refractivity contribution >= 4 is 10.0 Å². The first-order valence-corrected chi connectivity index (χ1v) is 7.09. The Morgan fingerprint density at radius 1 is 1.37 bits per heavy atom. The Kier molecular flexibility index (Phi) is 4.07. The first kappa shape index (κ1) is 13.4. The fourth-order valence-corrected chi connectivity index (χ4v) is 2.63. The second-order valence-corrected chi connectivity index (χ2v) is 5.54. The monoisotopic (exact) mass is 283 g/mol. The van der Waals surface area contributed by atoms with Gasteiger partial charge in [-0.3, -0.25) is 9.89 Å². The lowest BCUT2D eigenvalue weighted by Gasteiger charge is -2.04. The summed E-state index contributed by atoms with van der Waals surface area (Å²) in [5.74, 6) is 0.691. The van der Waals surface area contributed by atoms with Crippen molar-refractivity contribution in [2.45, 2.75) is 17.7 Å². The average molecular weight is 283 g/mol. The van der Waals surface area contributed by atoms with E-state index in [0.29, 0.717) is 18.7 Å². The second kappa shape index (κ2) is 5.76. The van der Waals surface area contributed by atoms with Gasteiger partial charge in [-0.15, -0.1) is 0 Å². The van der Waals surface area contributed by atoms with Crippen LogP contribution in [0.3, 0.4) is 0 Å². The van der Waals surface area contributed by atoms with Crippen LogP contribution in [0.1, 0.15) is 12.2 Å². The van der Waals surface area contributed by atoms with Crippen LogP contribution in [-0.2, 0) is 16.4 Å². The Morgan fingerprint density at radius 3 is 2.89 bits per heavy atom. The third kappa shape index (κ3) is 3.48. The molecule has 8 nitrogen and oxygen atoms in total. The van der Waals surface area contributed by atoms with Gasteiger partial charge in [-0.2, -0.15) is 5.10 Å². The van der Waals surface area contributed by atoms with E-state index in [1.54, 1.807) is 0 Å². The number of aromatic nitrogens is 4. The number of pyridine rings is 1. The molecular formula is C10H13N5O3S. The first-order chi connectivity index (χ1) is 9.09. The molecule has 0 unspecified atom stereocenters. The summed E-state index contributed by atoms with van der Waals surface area (Å²) in [6.07, 6.45) is 5.07.